The van der Waals surface area contributed by atoms with Crippen LogP contribution >= 0.6 is 0 Å². The number of hydrogen-bond donors (Lipinski definition) is 1. The molecule has 2 amide bonds. The molecule has 0 spiro atoms. The number of aromatic nitrogens is 1. The molecule has 1 atom stereocenters. The minimum Gasteiger partial charge on any atom is -0.457 e. The summed E-state index contributed by atoms with van der Waals surface area (Å²) >= 11 is 0. The van der Waals surface area contributed by atoms with Crippen LogP contribution in [0.25, 0.3) is 5.57 Å². The van der Waals surface area contributed by atoms with Gasteiger partial charge in [0.25, 0.3) is 5.91 Å². The molecule has 1 aromatic heterocycles. The van der Waals surface area contributed by atoms with Crippen LogP contribution in [0.3, 0.4) is 0 Å². The molecule has 1 aliphatic heterocycles. The number of rotatable bonds is 7. The average molecular weight is 465 g/mol. The predicted octanol–water partition coefficient (Wildman–Crippen LogP) is 4.91. The predicted molar refractivity (Wildman–Crippen MR) is 138 cm³/mol. The largest absolute Gasteiger partial charge is 0.457 e. The Balaban J connectivity index is 0.00000199. The molecule has 7 heteroatoms. The van der Waals surface area contributed by atoms with Crippen LogP contribution in [0.1, 0.15) is 55.2 Å². The number of ether oxygens (including phenoxy) is 1. The maximum Gasteiger partial charge on any atom is 0.251 e. The van der Waals surface area contributed by atoms with Gasteiger partial charge in [-0.2, -0.15) is 0 Å². The molecule has 2 heterocycles. The fourth-order valence-corrected chi connectivity index (χ4v) is 3.78. The van der Waals surface area contributed by atoms with Crippen molar-refractivity contribution >= 4 is 23.6 Å². The van der Waals surface area contributed by atoms with Gasteiger partial charge in [-0.3, -0.25) is 19.6 Å². The van der Waals surface area contributed by atoms with Crippen LogP contribution < -0.4 is 10.1 Å². The van der Waals surface area contributed by atoms with Crippen molar-refractivity contribution < 1.29 is 14.3 Å². The summed E-state index contributed by atoms with van der Waals surface area (Å²) in [6, 6.07) is 9.00. The number of hydrogen-bond acceptors (Lipinski definition) is 5. The number of benzene rings is 1. The highest BCUT2D eigenvalue weighted by molar-refractivity contribution is 6.08. The van der Waals surface area contributed by atoms with Crippen LogP contribution in [-0.4, -0.2) is 55.1 Å². The third kappa shape index (κ3) is 6.76. The molecule has 182 valence electrons. The Labute approximate surface area is 202 Å². The second kappa shape index (κ2) is 13.3. The average Bonchev–Trinajstić information content (AvgIpc) is 2.86. The van der Waals surface area contributed by atoms with Crippen molar-refractivity contribution in [3.05, 3.63) is 59.4 Å². The van der Waals surface area contributed by atoms with Crippen molar-refractivity contribution in [2.75, 3.05) is 27.2 Å². The van der Waals surface area contributed by atoms with E-state index in [0.717, 1.165) is 36.2 Å². The highest BCUT2D eigenvalue weighted by atomic mass is 16.5. The SMILES string of the molecule is C/C=C(\C=NC)c1cc(Oc2cccc(C(=O)NCC3CCCN(C)C3=O)c2C)ccn1.CC. The lowest BCUT2D eigenvalue weighted by Gasteiger charge is -2.29. The number of allylic oxidation sites excluding steroid dienone is 2. The van der Waals surface area contributed by atoms with E-state index in [1.807, 2.05) is 45.9 Å². The van der Waals surface area contributed by atoms with Gasteiger partial charge in [-0.15, -0.1) is 0 Å². The number of carbonyl (C=O) groups is 2. The molecule has 2 aromatic rings. The summed E-state index contributed by atoms with van der Waals surface area (Å²) in [5.74, 6) is 0.928. The quantitative estimate of drug-likeness (QED) is 0.590. The topological polar surface area (TPSA) is 83.9 Å². The number of nitrogens with one attached hydrogen (secondary N) is 1. The highest BCUT2D eigenvalue weighted by Crippen LogP contribution is 2.28. The van der Waals surface area contributed by atoms with E-state index >= 15 is 0 Å². The van der Waals surface area contributed by atoms with Crippen molar-refractivity contribution in [1.82, 2.24) is 15.2 Å². The Morgan fingerprint density at radius 3 is 2.79 bits per heavy atom. The lowest BCUT2D eigenvalue weighted by molar-refractivity contribution is -0.136. The van der Waals surface area contributed by atoms with Crippen molar-refractivity contribution in [3.8, 4) is 11.5 Å². The van der Waals surface area contributed by atoms with Gasteiger partial charge in [0.05, 0.1) is 11.6 Å². The Hall–Kier alpha value is -3.48. The number of nitrogens with zero attached hydrogens (tertiary/aromatic N) is 3. The molecule has 1 aliphatic rings. The first-order valence-electron chi connectivity index (χ1n) is 11.8. The zero-order valence-corrected chi connectivity index (χ0v) is 21.1. The lowest BCUT2D eigenvalue weighted by atomic mass is 9.97. The Kier molecular flexibility index (Phi) is 10.5. The minimum atomic E-state index is -0.209. The molecule has 0 aliphatic carbocycles. The van der Waals surface area contributed by atoms with Gasteiger partial charge >= 0.3 is 0 Å². The molecule has 1 saturated heterocycles. The number of pyridine rings is 1. The van der Waals surface area contributed by atoms with Gasteiger partial charge in [-0.1, -0.05) is 26.0 Å². The van der Waals surface area contributed by atoms with E-state index in [1.54, 1.807) is 49.6 Å². The van der Waals surface area contributed by atoms with E-state index in [4.69, 9.17) is 4.74 Å². The summed E-state index contributed by atoms with van der Waals surface area (Å²) in [7, 11) is 3.52. The van der Waals surface area contributed by atoms with Gasteiger partial charge in [-0.05, 0) is 44.9 Å². The van der Waals surface area contributed by atoms with Crippen molar-refractivity contribution in [2.45, 2.75) is 40.5 Å². The molecule has 7 nitrogen and oxygen atoms in total. The van der Waals surface area contributed by atoms with Gasteiger partial charge in [0.15, 0.2) is 0 Å². The number of aliphatic imine (C=N–C) groups is 1. The zero-order valence-electron chi connectivity index (χ0n) is 21.1. The Morgan fingerprint density at radius 2 is 2.09 bits per heavy atom. The van der Waals surface area contributed by atoms with Gasteiger partial charge in [-0.25, -0.2) is 0 Å². The highest BCUT2D eigenvalue weighted by Gasteiger charge is 2.26. The second-order valence-electron chi connectivity index (χ2n) is 7.85. The van der Waals surface area contributed by atoms with Gasteiger partial charge in [0, 0.05) is 62.4 Å². The monoisotopic (exact) mass is 464 g/mol. The zero-order chi connectivity index (χ0) is 25.1. The lowest BCUT2D eigenvalue weighted by Crippen LogP contribution is -2.43. The third-order valence-corrected chi connectivity index (χ3v) is 5.64. The molecular formula is C27H36N4O3. The molecule has 3 rings (SSSR count). The minimum absolute atomic E-state index is 0.0902. The fraction of sp³-hybridized carbons (Fsp3) is 0.407. The molecule has 1 aromatic carbocycles. The van der Waals surface area contributed by atoms with E-state index in [0.29, 0.717) is 23.6 Å². The maximum atomic E-state index is 12.8. The first-order chi connectivity index (χ1) is 16.4. The van der Waals surface area contributed by atoms with Crippen LogP contribution in [0.5, 0.6) is 11.5 Å². The molecule has 0 saturated carbocycles. The first kappa shape index (κ1) is 26.8. The summed E-state index contributed by atoms with van der Waals surface area (Å²) < 4.78 is 6.09. The number of carbonyl (C=O) groups excluding carboxylic acids is 2. The van der Waals surface area contributed by atoms with Gasteiger partial charge < -0.3 is 15.0 Å². The van der Waals surface area contributed by atoms with Crippen LogP contribution in [0.4, 0.5) is 0 Å². The molecule has 1 fully saturated rings. The van der Waals surface area contributed by atoms with Crippen LogP contribution in [0.15, 0.2) is 47.6 Å². The van der Waals surface area contributed by atoms with Crippen LogP contribution in [0, 0.1) is 12.8 Å². The number of amides is 2. The van der Waals surface area contributed by atoms with Crippen LogP contribution in [-0.2, 0) is 4.79 Å². The molecule has 1 N–H and O–H groups in total. The normalized spacial score (nSPS) is 16.2. The van der Waals surface area contributed by atoms with E-state index in [2.05, 4.69) is 15.3 Å². The fourth-order valence-electron chi connectivity index (χ4n) is 3.78. The molecule has 34 heavy (non-hydrogen) atoms. The third-order valence-electron chi connectivity index (χ3n) is 5.64. The van der Waals surface area contributed by atoms with Gasteiger partial charge in [0.2, 0.25) is 5.91 Å². The molecule has 0 bridgehead atoms. The van der Waals surface area contributed by atoms with Crippen molar-refractivity contribution in [2.24, 2.45) is 10.9 Å². The Morgan fingerprint density at radius 1 is 1.32 bits per heavy atom. The second-order valence-corrected chi connectivity index (χ2v) is 7.85. The Bertz CT molecular complexity index is 1050. The van der Waals surface area contributed by atoms with E-state index < -0.39 is 0 Å². The van der Waals surface area contributed by atoms with Gasteiger partial charge in [0.1, 0.15) is 11.5 Å². The summed E-state index contributed by atoms with van der Waals surface area (Å²) in [6.45, 7) is 8.90. The van der Waals surface area contributed by atoms with E-state index in [9.17, 15) is 9.59 Å². The van der Waals surface area contributed by atoms with Crippen molar-refractivity contribution in [1.29, 1.82) is 0 Å². The first-order valence-corrected chi connectivity index (χ1v) is 11.8. The smallest absolute Gasteiger partial charge is 0.251 e. The van der Waals surface area contributed by atoms with E-state index in [-0.39, 0.29) is 17.7 Å². The number of piperidine rings is 1. The standard InChI is InChI=1S/C25H30N4O3.C2H6/c1-5-18(15-26-3)22-14-20(11-12-27-22)32-23-10-6-9-21(17(23)2)24(30)28-16-19-8-7-13-29(4)25(19)31;1-2/h5-6,9-12,14-15,19H,7-8,13,16H2,1-4H3,(H,28,30);1-2H3/b18-5+,26-15?;. The summed E-state index contributed by atoms with van der Waals surface area (Å²) in [4.78, 5) is 35.3. The van der Waals surface area contributed by atoms with Crippen molar-refractivity contribution in [3.63, 3.8) is 0 Å². The molecular weight excluding hydrogens is 428 g/mol. The summed E-state index contributed by atoms with van der Waals surface area (Å²) in [6.07, 6.45) is 7.12. The maximum absolute atomic E-state index is 12.8. The summed E-state index contributed by atoms with van der Waals surface area (Å²) in [5.41, 5.74) is 2.91. The number of likely N-dealkylation sites (tertiary alicyclic amines) is 1. The summed E-state index contributed by atoms with van der Waals surface area (Å²) in [5, 5.41) is 2.92. The van der Waals surface area contributed by atoms with E-state index in [1.165, 1.54) is 0 Å². The molecule has 1 unspecified atom stereocenters. The molecule has 0 radical (unpaired) electrons. The van der Waals surface area contributed by atoms with Crippen LogP contribution in [0.2, 0.25) is 0 Å².